The highest BCUT2D eigenvalue weighted by molar-refractivity contribution is 7.11. The topological polar surface area (TPSA) is 33.2 Å². The van der Waals surface area contributed by atoms with E-state index >= 15 is 0 Å². The van der Waals surface area contributed by atoms with Crippen LogP contribution in [0.25, 0.3) is 0 Å². The van der Waals surface area contributed by atoms with E-state index in [1.165, 1.54) is 11.3 Å². The second-order valence-corrected chi connectivity index (χ2v) is 6.27. The maximum atomic E-state index is 12.7. The zero-order valence-corrected chi connectivity index (χ0v) is 12.7. The number of rotatable bonds is 2. The SMILES string of the molecule is Cc1ncsc1C(=O)N1CCCC1c1cccc(Cl)c1. The summed E-state index contributed by atoms with van der Waals surface area (Å²) in [6, 6.07) is 7.93. The highest BCUT2D eigenvalue weighted by Gasteiger charge is 2.32. The first-order valence-corrected chi connectivity index (χ1v) is 7.89. The zero-order chi connectivity index (χ0) is 14.1. The van der Waals surface area contributed by atoms with Gasteiger partial charge in [0.25, 0.3) is 5.91 Å². The normalized spacial score (nSPS) is 18.5. The Balaban J connectivity index is 1.90. The van der Waals surface area contributed by atoms with Crippen molar-refractivity contribution in [3.05, 3.63) is 50.9 Å². The molecule has 5 heteroatoms. The number of carbonyl (C=O) groups excluding carboxylic acids is 1. The molecule has 3 nitrogen and oxygen atoms in total. The summed E-state index contributed by atoms with van der Waals surface area (Å²) in [5.41, 5.74) is 3.66. The van der Waals surface area contributed by atoms with Crippen LogP contribution in [0.1, 0.15) is 39.8 Å². The van der Waals surface area contributed by atoms with Crippen molar-refractivity contribution in [2.45, 2.75) is 25.8 Å². The van der Waals surface area contributed by atoms with Gasteiger partial charge < -0.3 is 4.90 Å². The average molecular weight is 307 g/mol. The summed E-state index contributed by atoms with van der Waals surface area (Å²) in [4.78, 5) is 19.5. The zero-order valence-electron chi connectivity index (χ0n) is 11.2. The maximum Gasteiger partial charge on any atom is 0.266 e. The van der Waals surface area contributed by atoms with Crippen LogP contribution in [0.15, 0.2) is 29.8 Å². The minimum atomic E-state index is 0.0903. The van der Waals surface area contributed by atoms with Gasteiger partial charge in [0.1, 0.15) is 4.88 Å². The van der Waals surface area contributed by atoms with Gasteiger partial charge in [0.15, 0.2) is 0 Å². The molecule has 1 unspecified atom stereocenters. The Bertz CT molecular complexity index is 640. The maximum absolute atomic E-state index is 12.7. The van der Waals surface area contributed by atoms with E-state index in [9.17, 15) is 4.79 Å². The van der Waals surface area contributed by atoms with Crippen LogP contribution in [0.4, 0.5) is 0 Å². The Morgan fingerprint density at radius 3 is 3.05 bits per heavy atom. The monoisotopic (exact) mass is 306 g/mol. The highest BCUT2D eigenvalue weighted by Crippen LogP contribution is 2.34. The van der Waals surface area contributed by atoms with Crippen LogP contribution in [0.3, 0.4) is 0 Å². The van der Waals surface area contributed by atoms with E-state index in [1.807, 2.05) is 36.1 Å². The predicted octanol–water partition coefficient (Wildman–Crippen LogP) is 4.08. The highest BCUT2D eigenvalue weighted by atomic mass is 35.5. The third-order valence-corrected chi connectivity index (χ3v) is 4.84. The molecule has 1 fully saturated rings. The van der Waals surface area contributed by atoms with E-state index in [2.05, 4.69) is 4.98 Å². The molecule has 2 heterocycles. The fourth-order valence-corrected chi connectivity index (χ4v) is 3.66. The van der Waals surface area contributed by atoms with E-state index in [4.69, 9.17) is 11.6 Å². The molecular formula is C15H15ClN2OS. The second-order valence-electron chi connectivity index (χ2n) is 4.98. The van der Waals surface area contributed by atoms with Crippen LogP contribution in [0.5, 0.6) is 0 Å². The van der Waals surface area contributed by atoms with Crippen LogP contribution in [0.2, 0.25) is 5.02 Å². The average Bonchev–Trinajstić information content (AvgIpc) is 3.06. The number of aromatic nitrogens is 1. The van der Waals surface area contributed by atoms with Crippen molar-refractivity contribution in [3.8, 4) is 0 Å². The van der Waals surface area contributed by atoms with Crippen LogP contribution in [-0.4, -0.2) is 22.3 Å². The summed E-state index contributed by atoms with van der Waals surface area (Å²) >= 11 is 7.48. The Morgan fingerprint density at radius 2 is 2.35 bits per heavy atom. The van der Waals surface area contributed by atoms with Gasteiger partial charge in [-0.2, -0.15) is 0 Å². The van der Waals surface area contributed by atoms with Gasteiger partial charge in [-0.3, -0.25) is 4.79 Å². The standard InChI is InChI=1S/C15H15ClN2OS/c1-10-14(20-9-17-10)15(19)18-7-3-6-13(18)11-4-2-5-12(16)8-11/h2,4-5,8-9,13H,3,6-7H2,1H3. The molecule has 1 aliphatic rings. The van der Waals surface area contributed by atoms with Gasteiger partial charge in [-0.15, -0.1) is 11.3 Å². The molecule has 0 radical (unpaired) electrons. The molecule has 1 amide bonds. The molecule has 1 aromatic heterocycles. The van der Waals surface area contributed by atoms with Crippen LogP contribution >= 0.6 is 22.9 Å². The summed E-state index contributed by atoms with van der Waals surface area (Å²) in [5, 5.41) is 0.718. The summed E-state index contributed by atoms with van der Waals surface area (Å²) in [7, 11) is 0. The second kappa shape index (κ2) is 5.54. The smallest absolute Gasteiger partial charge is 0.266 e. The van der Waals surface area contributed by atoms with Gasteiger partial charge >= 0.3 is 0 Å². The summed E-state index contributed by atoms with van der Waals surface area (Å²) in [6.07, 6.45) is 2.02. The number of thiazole rings is 1. The molecule has 2 aromatic rings. The van der Waals surface area contributed by atoms with Crippen LogP contribution in [-0.2, 0) is 0 Å². The number of hydrogen-bond donors (Lipinski definition) is 0. The molecule has 1 aromatic carbocycles. The summed E-state index contributed by atoms with van der Waals surface area (Å²) in [6.45, 7) is 2.68. The lowest BCUT2D eigenvalue weighted by atomic mass is 10.0. The molecule has 1 aliphatic heterocycles. The van der Waals surface area contributed by atoms with Gasteiger partial charge in [0.05, 0.1) is 17.2 Å². The lowest BCUT2D eigenvalue weighted by Gasteiger charge is -2.25. The van der Waals surface area contributed by atoms with Crippen molar-refractivity contribution < 1.29 is 4.79 Å². The first kappa shape index (κ1) is 13.6. The number of aryl methyl sites for hydroxylation is 1. The Hall–Kier alpha value is -1.39. The Labute approximate surface area is 127 Å². The minimum Gasteiger partial charge on any atom is -0.331 e. The number of halogens is 1. The lowest BCUT2D eigenvalue weighted by Crippen LogP contribution is -2.30. The number of carbonyl (C=O) groups is 1. The van der Waals surface area contributed by atoms with E-state index in [0.29, 0.717) is 0 Å². The molecular weight excluding hydrogens is 292 g/mol. The van der Waals surface area contributed by atoms with E-state index in [0.717, 1.165) is 40.5 Å². The summed E-state index contributed by atoms with van der Waals surface area (Å²) < 4.78 is 0. The number of nitrogens with zero attached hydrogens (tertiary/aromatic N) is 2. The van der Waals surface area contributed by atoms with E-state index in [-0.39, 0.29) is 11.9 Å². The molecule has 0 saturated carbocycles. The third kappa shape index (κ3) is 2.45. The van der Waals surface area contributed by atoms with Gasteiger partial charge in [-0.1, -0.05) is 23.7 Å². The molecule has 0 spiro atoms. The number of hydrogen-bond acceptors (Lipinski definition) is 3. The van der Waals surface area contributed by atoms with Crippen molar-refractivity contribution in [2.75, 3.05) is 6.54 Å². The fourth-order valence-electron chi connectivity index (χ4n) is 2.71. The summed E-state index contributed by atoms with van der Waals surface area (Å²) in [5.74, 6) is 0.0903. The Morgan fingerprint density at radius 1 is 1.50 bits per heavy atom. The van der Waals surface area contributed by atoms with Crippen molar-refractivity contribution in [1.82, 2.24) is 9.88 Å². The Kier molecular flexibility index (Phi) is 3.76. The van der Waals surface area contributed by atoms with Gasteiger partial charge in [0.2, 0.25) is 0 Å². The molecule has 0 N–H and O–H groups in total. The number of benzene rings is 1. The number of likely N-dealkylation sites (tertiary alicyclic amines) is 1. The van der Waals surface area contributed by atoms with Gasteiger partial charge in [0, 0.05) is 11.6 Å². The van der Waals surface area contributed by atoms with Gasteiger partial charge in [-0.25, -0.2) is 4.98 Å². The van der Waals surface area contributed by atoms with Crippen molar-refractivity contribution in [1.29, 1.82) is 0 Å². The molecule has 3 rings (SSSR count). The van der Waals surface area contributed by atoms with Gasteiger partial charge in [-0.05, 0) is 37.5 Å². The largest absolute Gasteiger partial charge is 0.331 e. The first-order valence-electron chi connectivity index (χ1n) is 6.63. The molecule has 104 valence electrons. The molecule has 20 heavy (non-hydrogen) atoms. The molecule has 0 aliphatic carbocycles. The molecule has 1 atom stereocenters. The van der Waals surface area contributed by atoms with E-state index in [1.54, 1.807) is 5.51 Å². The van der Waals surface area contributed by atoms with Crippen molar-refractivity contribution >= 4 is 28.8 Å². The lowest BCUT2D eigenvalue weighted by molar-refractivity contribution is 0.0739. The quantitative estimate of drug-likeness (QED) is 0.837. The fraction of sp³-hybridized carbons (Fsp3) is 0.333. The van der Waals surface area contributed by atoms with E-state index < -0.39 is 0 Å². The third-order valence-electron chi connectivity index (χ3n) is 3.69. The van der Waals surface area contributed by atoms with Crippen molar-refractivity contribution in [2.24, 2.45) is 0 Å². The van der Waals surface area contributed by atoms with Crippen molar-refractivity contribution in [3.63, 3.8) is 0 Å². The molecule has 1 saturated heterocycles. The first-order chi connectivity index (χ1) is 9.66. The van der Waals surface area contributed by atoms with Crippen LogP contribution < -0.4 is 0 Å². The van der Waals surface area contributed by atoms with Crippen LogP contribution in [0, 0.1) is 6.92 Å². The number of amides is 1. The minimum absolute atomic E-state index is 0.0903. The predicted molar refractivity (Wildman–Crippen MR) is 81.3 cm³/mol. The molecule has 0 bridgehead atoms.